The molecule has 0 aliphatic rings. The highest BCUT2D eigenvalue weighted by Crippen LogP contribution is 2.10. The van der Waals surface area contributed by atoms with Crippen molar-refractivity contribution in [3.05, 3.63) is 12.4 Å². The molecule has 2 N–H and O–H groups in total. The van der Waals surface area contributed by atoms with Gasteiger partial charge in [0.1, 0.15) is 4.90 Å². The van der Waals surface area contributed by atoms with Crippen LogP contribution in [0, 0.1) is 5.92 Å². The third kappa shape index (κ3) is 5.22. The third-order valence-corrected chi connectivity index (χ3v) is 4.67. The molecule has 0 aliphatic carbocycles. The Morgan fingerprint density at radius 1 is 1.25 bits per heavy atom. The Bertz CT molecular complexity index is 508. The molecule has 0 saturated carbocycles. The van der Waals surface area contributed by atoms with Gasteiger partial charge in [-0.2, -0.15) is 5.10 Å². The van der Waals surface area contributed by atoms with Crippen LogP contribution in [0.2, 0.25) is 0 Å². The quantitative estimate of drug-likeness (QED) is 0.756. The van der Waals surface area contributed by atoms with Crippen molar-refractivity contribution in [3.63, 3.8) is 0 Å². The van der Waals surface area contributed by atoms with E-state index in [9.17, 15) is 8.42 Å². The molecule has 7 heteroatoms. The third-order valence-electron chi connectivity index (χ3n) is 3.15. The molecule has 1 atom stereocenters. The first kappa shape index (κ1) is 17.1. The summed E-state index contributed by atoms with van der Waals surface area (Å²) >= 11 is 0. The SMILES string of the molecule is CC(C)NCCn1cc(S(=O)(=O)NC(C)C(C)C)cn1. The van der Waals surface area contributed by atoms with E-state index in [1.165, 1.54) is 6.20 Å². The van der Waals surface area contributed by atoms with E-state index in [2.05, 4.69) is 29.0 Å². The second-order valence-electron chi connectivity index (χ2n) is 5.70. The Morgan fingerprint density at radius 3 is 2.45 bits per heavy atom. The number of nitrogens with zero attached hydrogens (tertiary/aromatic N) is 2. The van der Waals surface area contributed by atoms with Crippen molar-refractivity contribution in [1.82, 2.24) is 19.8 Å². The first-order valence-electron chi connectivity index (χ1n) is 7.00. The Kier molecular flexibility index (Phi) is 6.16. The second-order valence-corrected chi connectivity index (χ2v) is 7.42. The zero-order chi connectivity index (χ0) is 15.3. The van der Waals surface area contributed by atoms with Gasteiger partial charge in [-0.25, -0.2) is 13.1 Å². The molecular formula is C13H26N4O2S. The lowest BCUT2D eigenvalue weighted by Gasteiger charge is -2.16. The summed E-state index contributed by atoms with van der Waals surface area (Å²) in [4.78, 5) is 0.217. The first-order valence-corrected chi connectivity index (χ1v) is 8.49. The van der Waals surface area contributed by atoms with Crippen molar-refractivity contribution in [2.75, 3.05) is 6.54 Å². The van der Waals surface area contributed by atoms with Crippen molar-refractivity contribution in [2.24, 2.45) is 5.92 Å². The smallest absolute Gasteiger partial charge is 0.243 e. The van der Waals surface area contributed by atoms with E-state index in [0.29, 0.717) is 12.6 Å². The van der Waals surface area contributed by atoms with Gasteiger partial charge in [-0.15, -0.1) is 0 Å². The molecule has 0 fully saturated rings. The highest BCUT2D eigenvalue weighted by molar-refractivity contribution is 7.89. The van der Waals surface area contributed by atoms with Crippen LogP contribution < -0.4 is 10.0 Å². The summed E-state index contributed by atoms with van der Waals surface area (Å²) in [6.07, 6.45) is 2.96. The first-order chi connectivity index (χ1) is 9.22. The topological polar surface area (TPSA) is 76.0 Å². The van der Waals surface area contributed by atoms with Crippen molar-refractivity contribution < 1.29 is 8.42 Å². The lowest BCUT2D eigenvalue weighted by Crippen LogP contribution is -2.35. The highest BCUT2D eigenvalue weighted by Gasteiger charge is 2.20. The summed E-state index contributed by atoms with van der Waals surface area (Å²) in [6.45, 7) is 11.4. The van der Waals surface area contributed by atoms with Gasteiger partial charge < -0.3 is 5.32 Å². The van der Waals surface area contributed by atoms with Crippen LogP contribution in [0.15, 0.2) is 17.3 Å². The van der Waals surface area contributed by atoms with Gasteiger partial charge in [-0.1, -0.05) is 27.7 Å². The molecule has 0 bridgehead atoms. The summed E-state index contributed by atoms with van der Waals surface area (Å²) in [7, 11) is -3.48. The Labute approximate surface area is 122 Å². The maximum absolute atomic E-state index is 12.2. The predicted octanol–water partition coefficient (Wildman–Crippen LogP) is 1.20. The Balaban J connectivity index is 2.65. The molecule has 1 unspecified atom stereocenters. The zero-order valence-electron chi connectivity index (χ0n) is 12.9. The predicted molar refractivity (Wildman–Crippen MR) is 80.0 cm³/mol. The average Bonchev–Trinajstić information content (AvgIpc) is 2.77. The van der Waals surface area contributed by atoms with Crippen molar-refractivity contribution in [1.29, 1.82) is 0 Å². The number of aromatic nitrogens is 2. The van der Waals surface area contributed by atoms with Gasteiger partial charge >= 0.3 is 0 Å². The van der Waals surface area contributed by atoms with Crippen LogP contribution in [0.25, 0.3) is 0 Å². The number of hydrogen-bond donors (Lipinski definition) is 2. The summed E-state index contributed by atoms with van der Waals surface area (Å²) in [5.74, 6) is 0.245. The lowest BCUT2D eigenvalue weighted by atomic mass is 10.1. The van der Waals surface area contributed by atoms with E-state index in [-0.39, 0.29) is 16.9 Å². The van der Waals surface area contributed by atoms with Gasteiger partial charge in [-0.05, 0) is 12.8 Å². The summed E-state index contributed by atoms with van der Waals surface area (Å²) < 4.78 is 28.6. The van der Waals surface area contributed by atoms with Gasteiger partial charge in [0.05, 0.1) is 12.7 Å². The standard InChI is InChI=1S/C13H26N4O2S/c1-10(2)12(5)16-20(18,19)13-8-15-17(9-13)7-6-14-11(3)4/h8-12,14,16H,6-7H2,1-5H3. The molecule has 6 nitrogen and oxygen atoms in total. The maximum atomic E-state index is 12.2. The second kappa shape index (κ2) is 7.19. The molecule has 0 radical (unpaired) electrons. The summed E-state index contributed by atoms with van der Waals surface area (Å²) in [5, 5.41) is 7.35. The minimum absolute atomic E-state index is 0.106. The van der Waals surface area contributed by atoms with Crippen molar-refractivity contribution in [3.8, 4) is 0 Å². The Morgan fingerprint density at radius 2 is 1.90 bits per heavy atom. The van der Waals surface area contributed by atoms with Crippen LogP contribution in [0.3, 0.4) is 0 Å². The average molecular weight is 302 g/mol. The molecule has 1 heterocycles. The molecule has 0 amide bonds. The van der Waals surface area contributed by atoms with Crippen molar-refractivity contribution >= 4 is 10.0 Å². The molecule has 1 rings (SSSR count). The number of nitrogens with one attached hydrogen (secondary N) is 2. The normalized spacial score (nSPS) is 14.2. The van der Waals surface area contributed by atoms with Crippen molar-refractivity contribution in [2.45, 2.75) is 58.1 Å². The molecular weight excluding hydrogens is 276 g/mol. The van der Waals surface area contributed by atoms with Crippen LogP contribution >= 0.6 is 0 Å². The lowest BCUT2D eigenvalue weighted by molar-refractivity contribution is 0.476. The van der Waals surface area contributed by atoms with Gasteiger partial charge in [-0.3, -0.25) is 4.68 Å². The number of sulfonamides is 1. The van der Waals surface area contributed by atoms with Gasteiger partial charge in [0.25, 0.3) is 0 Å². The summed E-state index contributed by atoms with van der Waals surface area (Å²) in [6, 6.07) is 0.299. The van der Waals surface area contributed by atoms with Crippen LogP contribution in [-0.4, -0.2) is 36.8 Å². The van der Waals surface area contributed by atoms with E-state index in [1.54, 1.807) is 10.9 Å². The maximum Gasteiger partial charge on any atom is 0.243 e. The fourth-order valence-electron chi connectivity index (χ4n) is 1.52. The molecule has 1 aromatic rings. The van der Waals surface area contributed by atoms with Gasteiger partial charge in [0, 0.05) is 24.8 Å². The minimum Gasteiger partial charge on any atom is -0.313 e. The molecule has 1 aromatic heterocycles. The van der Waals surface area contributed by atoms with E-state index in [0.717, 1.165) is 6.54 Å². The van der Waals surface area contributed by atoms with E-state index < -0.39 is 10.0 Å². The fraction of sp³-hybridized carbons (Fsp3) is 0.769. The molecule has 20 heavy (non-hydrogen) atoms. The minimum atomic E-state index is -3.48. The van der Waals surface area contributed by atoms with E-state index in [1.807, 2.05) is 20.8 Å². The molecule has 0 saturated heterocycles. The fourth-order valence-corrected chi connectivity index (χ4v) is 2.87. The zero-order valence-corrected chi connectivity index (χ0v) is 13.7. The van der Waals surface area contributed by atoms with Crippen LogP contribution in [0.5, 0.6) is 0 Å². The van der Waals surface area contributed by atoms with Crippen LogP contribution in [0.1, 0.15) is 34.6 Å². The molecule has 0 spiro atoms. The number of hydrogen-bond acceptors (Lipinski definition) is 4. The molecule has 116 valence electrons. The number of rotatable bonds is 8. The summed E-state index contributed by atoms with van der Waals surface area (Å²) in [5.41, 5.74) is 0. The van der Waals surface area contributed by atoms with Gasteiger partial charge in [0.15, 0.2) is 0 Å². The largest absolute Gasteiger partial charge is 0.313 e. The molecule has 0 aromatic carbocycles. The monoisotopic (exact) mass is 302 g/mol. The van der Waals surface area contributed by atoms with Crippen LogP contribution in [0.4, 0.5) is 0 Å². The Hall–Kier alpha value is -0.920. The molecule has 0 aliphatic heterocycles. The van der Waals surface area contributed by atoms with Crippen LogP contribution in [-0.2, 0) is 16.6 Å². The van der Waals surface area contributed by atoms with Gasteiger partial charge in [0.2, 0.25) is 10.0 Å². The highest BCUT2D eigenvalue weighted by atomic mass is 32.2. The van der Waals surface area contributed by atoms with E-state index >= 15 is 0 Å². The van der Waals surface area contributed by atoms with E-state index in [4.69, 9.17) is 0 Å².